The number of nitrogens with zero attached hydrogens (tertiary/aromatic N) is 4. The van der Waals surface area contributed by atoms with E-state index in [1.807, 2.05) is 16.1 Å². The van der Waals surface area contributed by atoms with Crippen molar-refractivity contribution in [1.29, 1.82) is 0 Å². The second-order valence-corrected chi connectivity index (χ2v) is 5.17. The quantitative estimate of drug-likeness (QED) is 0.796. The Kier molecular flexibility index (Phi) is 2.94. The van der Waals surface area contributed by atoms with Crippen LogP contribution in [0.4, 0.5) is 5.69 Å². The minimum Gasteiger partial charge on any atom is -0.396 e. The Balaban J connectivity index is 2.29. The van der Waals surface area contributed by atoms with E-state index in [4.69, 9.17) is 5.73 Å². The van der Waals surface area contributed by atoms with Crippen molar-refractivity contribution in [3.05, 3.63) is 29.2 Å². The van der Waals surface area contributed by atoms with Crippen LogP contribution in [0, 0.1) is 0 Å². The largest absolute Gasteiger partial charge is 0.396 e. The lowest BCUT2D eigenvalue weighted by Gasteiger charge is -2.05. The maximum atomic E-state index is 6.16. The van der Waals surface area contributed by atoms with Gasteiger partial charge < -0.3 is 5.73 Å². The van der Waals surface area contributed by atoms with Gasteiger partial charge in [-0.1, -0.05) is 13.8 Å². The summed E-state index contributed by atoms with van der Waals surface area (Å²) in [5.41, 5.74) is 9.84. The summed E-state index contributed by atoms with van der Waals surface area (Å²) in [6.07, 6.45) is 3.23. The van der Waals surface area contributed by atoms with Gasteiger partial charge in [0.05, 0.1) is 27.3 Å². The molecule has 0 aliphatic rings. The highest BCUT2D eigenvalue weighted by Crippen LogP contribution is 2.27. The molecule has 0 aliphatic carbocycles. The Labute approximate surface area is 115 Å². The van der Waals surface area contributed by atoms with Gasteiger partial charge in [0.25, 0.3) is 0 Å². The molecular weight excluding hydrogens is 258 g/mol. The number of fused-ring (bicyclic) bond motifs is 1. The third-order valence-electron chi connectivity index (χ3n) is 3.19. The van der Waals surface area contributed by atoms with Crippen LogP contribution in [0.3, 0.4) is 0 Å². The smallest absolute Gasteiger partial charge is 0.174 e. The zero-order chi connectivity index (χ0) is 13.4. The average molecular weight is 273 g/mol. The number of rotatable bonds is 3. The summed E-state index contributed by atoms with van der Waals surface area (Å²) < 4.78 is 2.91. The summed E-state index contributed by atoms with van der Waals surface area (Å²) in [6.45, 7) is 4.14. The van der Waals surface area contributed by atoms with Crippen LogP contribution in [0.15, 0.2) is 17.8 Å². The maximum absolute atomic E-state index is 6.16. The third-order valence-corrected chi connectivity index (χ3v) is 4.09. The molecular formula is C13H15N5S. The molecule has 0 atom stereocenters. The molecule has 98 valence electrons. The van der Waals surface area contributed by atoms with Crippen LogP contribution < -0.4 is 5.73 Å². The number of nitrogens with two attached hydrogens (primary N) is 1. The average Bonchev–Trinajstić information content (AvgIpc) is 3.02. The lowest BCUT2D eigenvalue weighted by molar-refractivity contribution is 0.777. The summed E-state index contributed by atoms with van der Waals surface area (Å²) in [5.74, 6) is 0.822. The summed E-state index contributed by atoms with van der Waals surface area (Å²) >= 11 is 1.62. The van der Waals surface area contributed by atoms with E-state index >= 15 is 0 Å². The van der Waals surface area contributed by atoms with Crippen molar-refractivity contribution < 1.29 is 0 Å². The molecule has 3 aromatic heterocycles. The van der Waals surface area contributed by atoms with Crippen LogP contribution >= 0.6 is 11.3 Å². The van der Waals surface area contributed by atoms with Gasteiger partial charge in [-0.3, -0.25) is 0 Å². The topological polar surface area (TPSA) is 69.6 Å². The van der Waals surface area contributed by atoms with Gasteiger partial charge in [0.1, 0.15) is 6.33 Å². The number of anilines is 1. The van der Waals surface area contributed by atoms with Crippen LogP contribution in [0.25, 0.3) is 16.0 Å². The van der Waals surface area contributed by atoms with Gasteiger partial charge in [0, 0.05) is 0 Å². The molecule has 0 fully saturated rings. The first kappa shape index (κ1) is 12.1. The minimum atomic E-state index is 0.785. The molecule has 0 bridgehead atoms. The van der Waals surface area contributed by atoms with Crippen LogP contribution in [0.2, 0.25) is 0 Å². The van der Waals surface area contributed by atoms with E-state index in [1.165, 1.54) is 0 Å². The molecule has 0 aliphatic heterocycles. The van der Waals surface area contributed by atoms with Crippen molar-refractivity contribution >= 4 is 27.2 Å². The predicted molar refractivity (Wildman–Crippen MR) is 77.7 cm³/mol. The summed E-state index contributed by atoms with van der Waals surface area (Å²) in [5, 5.41) is 6.62. The summed E-state index contributed by atoms with van der Waals surface area (Å²) in [4.78, 5) is 8.65. The van der Waals surface area contributed by atoms with Gasteiger partial charge in [0.2, 0.25) is 0 Å². The summed E-state index contributed by atoms with van der Waals surface area (Å²) in [7, 11) is 0. The highest BCUT2D eigenvalue weighted by atomic mass is 32.1. The third kappa shape index (κ3) is 1.79. The highest BCUT2D eigenvalue weighted by Gasteiger charge is 2.17. The monoisotopic (exact) mass is 273 g/mol. The fourth-order valence-corrected chi connectivity index (χ4v) is 3.04. The Morgan fingerprint density at radius 1 is 1.26 bits per heavy atom. The second-order valence-electron chi connectivity index (χ2n) is 4.26. The number of hydrogen-bond donors (Lipinski definition) is 1. The zero-order valence-electron chi connectivity index (χ0n) is 10.9. The van der Waals surface area contributed by atoms with E-state index < -0.39 is 0 Å². The Hall–Kier alpha value is -1.95. The van der Waals surface area contributed by atoms with Crippen molar-refractivity contribution in [2.75, 3.05) is 5.73 Å². The van der Waals surface area contributed by atoms with Crippen LogP contribution in [0.1, 0.15) is 25.2 Å². The number of nitrogen functional groups attached to an aromatic ring is 1. The number of thiophene rings is 1. The van der Waals surface area contributed by atoms with Crippen LogP contribution in [0.5, 0.6) is 0 Å². The fraction of sp³-hybridized carbons (Fsp3) is 0.308. The highest BCUT2D eigenvalue weighted by molar-refractivity contribution is 7.17. The predicted octanol–water partition coefficient (Wildman–Crippen LogP) is 2.58. The first-order chi connectivity index (χ1) is 9.26. The van der Waals surface area contributed by atoms with Crippen molar-refractivity contribution in [1.82, 2.24) is 19.7 Å². The van der Waals surface area contributed by atoms with Gasteiger partial charge in [-0.15, -0.1) is 11.3 Å². The van der Waals surface area contributed by atoms with E-state index in [1.54, 1.807) is 17.7 Å². The van der Waals surface area contributed by atoms with Crippen molar-refractivity contribution in [3.8, 4) is 5.82 Å². The molecule has 0 amide bonds. The van der Waals surface area contributed by atoms with Crippen LogP contribution in [-0.2, 0) is 12.8 Å². The lowest BCUT2D eigenvalue weighted by Crippen LogP contribution is -2.05. The van der Waals surface area contributed by atoms with E-state index in [9.17, 15) is 0 Å². The Bertz CT molecular complexity index is 728. The molecule has 5 nitrogen and oxygen atoms in total. The molecule has 3 rings (SSSR count). The lowest BCUT2D eigenvalue weighted by atomic mass is 10.2. The normalized spacial score (nSPS) is 11.3. The fourth-order valence-electron chi connectivity index (χ4n) is 2.22. The van der Waals surface area contributed by atoms with Gasteiger partial charge in [-0.05, 0) is 24.3 Å². The molecule has 0 saturated carbocycles. The van der Waals surface area contributed by atoms with Crippen molar-refractivity contribution in [2.45, 2.75) is 26.7 Å². The Morgan fingerprint density at radius 2 is 2.11 bits per heavy atom. The molecule has 3 aromatic rings. The second kappa shape index (κ2) is 4.62. The SMILES string of the molecule is CCc1nn(-c2ncnc3ccsc23)c(CC)c1N. The first-order valence-electron chi connectivity index (χ1n) is 6.31. The standard InChI is InChI=1S/C13H15N5S/c1-3-8-11(14)10(4-2)18(17-8)13-12-9(5-6-19-12)15-7-16-13/h5-7H,3-4,14H2,1-2H3. The molecule has 19 heavy (non-hydrogen) atoms. The molecule has 0 saturated heterocycles. The first-order valence-corrected chi connectivity index (χ1v) is 7.19. The van der Waals surface area contributed by atoms with E-state index in [-0.39, 0.29) is 0 Å². The molecule has 0 radical (unpaired) electrons. The number of aromatic nitrogens is 4. The molecule has 0 aromatic carbocycles. The molecule has 3 heterocycles. The van der Waals surface area contributed by atoms with E-state index in [0.29, 0.717) is 0 Å². The Morgan fingerprint density at radius 3 is 2.84 bits per heavy atom. The molecule has 2 N–H and O–H groups in total. The van der Waals surface area contributed by atoms with Gasteiger partial charge in [-0.2, -0.15) is 5.10 Å². The molecule has 6 heteroatoms. The number of hydrogen-bond acceptors (Lipinski definition) is 5. The zero-order valence-corrected chi connectivity index (χ0v) is 11.7. The van der Waals surface area contributed by atoms with Gasteiger partial charge in [0.15, 0.2) is 5.82 Å². The molecule has 0 unspecified atom stereocenters. The molecule has 0 spiro atoms. The van der Waals surface area contributed by atoms with E-state index in [0.717, 1.165) is 46.0 Å². The van der Waals surface area contributed by atoms with Gasteiger partial charge >= 0.3 is 0 Å². The van der Waals surface area contributed by atoms with Crippen molar-refractivity contribution in [2.24, 2.45) is 0 Å². The minimum absolute atomic E-state index is 0.785. The van der Waals surface area contributed by atoms with Crippen LogP contribution in [-0.4, -0.2) is 19.7 Å². The summed E-state index contributed by atoms with van der Waals surface area (Å²) in [6, 6.07) is 1.99. The van der Waals surface area contributed by atoms with E-state index in [2.05, 4.69) is 28.9 Å². The number of aryl methyl sites for hydroxylation is 1. The maximum Gasteiger partial charge on any atom is 0.174 e. The van der Waals surface area contributed by atoms with Crippen molar-refractivity contribution in [3.63, 3.8) is 0 Å². The van der Waals surface area contributed by atoms with Gasteiger partial charge in [-0.25, -0.2) is 14.6 Å².